The molecule has 0 unspecified atom stereocenters. The number of hydrazine groups is 1. The Balaban J connectivity index is 1.93. The Labute approximate surface area is 161 Å². The second-order valence-corrected chi connectivity index (χ2v) is 6.74. The molecule has 26 heavy (non-hydrogen) atoms. The number of halogens is 4. The highest BCUT2D eigenvalue weighted by atomic mass is 79.9. The number of nitrogens with zero attached hydrogens (tertiary/aromatic N) is 1. The monoisotopic (exact) mass is 440 g/mol. The summed E-state index contributed by atoms with van der Waals surface area (Å²) in [7, 11) is 0. The Morgan fingerprint density at radius 1 is 1.15 bits per heavy atom. The van der Waals surface area contributed by atoms with Crippen LogP contribution in [0.15, 0.2) is 52.6 Å². The van der Waals surface area contributed by atoms with Crippen LogP contribution >= 0.6 is 27.5 Å². The number of carbonyl (C=O) groups excluding carboxylic acids is 2. The van der Waals surface area contributed by atoms with Crippen molar-refractivity contribution >= 4 is 44.9 Å². The number of hydrogen-bond donors (Lipinski definition) is 1. The fourth-order valence-corrected chi connectivity index (χ4v) is 3.23. The number of amides is 1. The largest absolute Gasteiger partial charge is 0.294 e. The summed E-state index contributed by atoms with van der Waals surface area (Å²) < 4.78 is 27.0. The molecule has 134 valence electrons. The average Bonchev–Trinajstić information content (AvgIpc) is 2.62. The Kier molecular flexibility index (Phi) is 5.38. The molecule has 0 saturated carbocycles. The van der Waals surface area contributed by atoms with Crippen LogP contribution in [0, 0.1) is 11.6 Å². The molecule has 0 bridgehead atoms. The van der Waals surface area contributed by atoms with Gasteiger partial charge < -0.3 is 0 Å². The Hall–Kier alpha value is -2.25. The molecule has 1 aliphatic heterocycles. The molecule has 0 aromatic heterocycles. The van der Waals surface area contributed by atoms with Crippen molar-refractivity contribution in [1.82, 2.24) is 5.43 Å². The number of rotatable bonds is 3. The van der Waals surface area contributed by atoms with Crippen molar-refractivity contribution in [3.63, 3.8) is 0 Å². The number of ketones is 1. The third kappa shape index (κ3) is 3.64. The van der Waals surface area contributed by atoms with Crippen LogP contribution < -0.4 is 10.4 Å². The van der Waals surface area contributed by atoms with Crippen molar-refractivity contribution in [1.29, 1.82) is 0 Å². The lowest BCUT2D eigenvalue weighted by atomic mass is 10.1. The maximum absolute atomic E-state index is 13.9. The zero-order valence-electron chi connectivity index (χ0n) is 13.2. The number of carbonyl (C=O) groups is 2. The highest BCUT2D eigenvalue weighted by Gasteiger charge is 2.28. The maximum Gasteiger partial charge on any atom is 0.246 e. The van der Waals surface area contributed by atoms with Crippen LogP contribution in [0.1, 0.15) is 23.2 Å². The summed E-state index contributed by atoms with van der Waals surface area (Å²) in [4.78, 5) is 24.8. The smallest absolute Gasteiger partial charge is 0.246 e. The first kappa shape index (κ1) is 18.5. The normalized spacial score (nSPS) is 16.3. The summed E-state index contributed by atoms with van der Waals surface area (Å²) in [6.07, 6.45) is 0.400. The van der Waals surface area contributed by atoms with Gasteiger partial charge in [0.25, 0.3) is 0 Å². The standard InChI is InChI=1S/C18H12BrClF2N2O2/c19-17(18(26)11-6-5-10(21)9-13(11)22)14-7-8-16(25)24(23-14)15-4-2-1-3-12(15)20/h1-6,9,23H,7-8H2/b17-14-. The van der Waals surface area contributed by atoms with Crippen molar-refractivity contribution in [3.8, 4) is 0 Å². The molecule has 4 nitrogen and oxygen atoms in total. The van der Waals surface area contributed by atoms with Crippen molar-refractivity contribution in [2.75, 3.05) is 5.01 Å². The lowest BCUT2D eigenvalue weighted by molar-refractivity contribution is -0.119. The summed E-state index contributed by atoms with van der Waals surface area (Å²) in [6.45, 7) is 0. The third-order valence-corrected chi connectivity index (χ3v) is 4.98. The number of allylic oxidation sites excluding steroid dienone is 2. The fraction of sp³-hybridized carbons (Fsp3) is 0.111. The molecule has 1 N–H and O–H groups in total. The van der Waals surface area contributed by atoms with Gasteiger partial charge >= 0.3 is 0 Å². The first-order valence-electron chi connectivity index (χ1n) is 7.61. The second kappa shape index (κ2) is 7.55. The van der Waals surface area contributed by atoms with E-state index >= 15 is 0 Å². The van der Waals surface area contributed by atoms with Crippen LogP contribution in [0.25, 0.3) is 0 Å². The zero-order chi connectivity index (χ0) is 18.8. The summed E-state index contributed by atoms with van der Waals surface area (Å²) in [6, 6.07) is 9.48. The number of hydrogen-bond acceptors (Lipinski definition) is 3. The summed E-state index contributed by atoms with van der Waals surface area (Å²) >= 11 is 9.30. The predicted molar refractivity (Wildman–Crippen MR) is 97.9 cm³/mol. The molecule has 1 amide bonds. The minimum Gasteiger partial charge on any atom is -0.294 e. The molecule has 3 rings (SSSR count). The Bertz CT molecular complexity index is 933. The number of anilines is 1. The lowest BCUT2D eigenvalue weighted by Crippen LogP contribution is -2.47. The van der Waals surface area contributed by atoms with Crippen LogP contribution in [-0.4, -0.2) is 11.7 Å². The predicted octanol–water partition coefficient (Wildman–Crippen LogP) is 4.74. The van der Waals surface area contributed by atoms with E-state index in [9.17, 15) is 18.4 Å². The molecule has 0 spiro atoms. The Morgan fingerprint density at radius 3 is 2.58 bits per heavy atom. The molecular formula is C18H12BrClF2N2O2. The van der Waals surface area contributed by atoms with Gasteiger partial charge in [0.1, 0.15) is 11.6 Å². The highest BCUT2D eigenvalue weighted by molar-refractivity contribution is 9.12. The minimum absolute atomic E-state index is 0.0626. The van der Waals surface area contributed by atoms with Crippen molar-refractivity contribution in [2.24, 2.45) is 0 Å². The van der Waals surface area contributed by atoms with Crippen LogP contribution in [0.2, 0.25) is 5.02 Å². The Morgan fingerprint density at radius 2 is 1.88 bits per heavy atom. The van der Waals surface area contributed by atoms with Crippen LogP contribution in [0.5, 0.6) is 0 Å². The number of nitrogens with one attached hydrogen (secondary N) is 1. The summed E-state index contributed by atoms with van der Waals surface area (Å²) in [5.41, 5.74) is 3.43. The first-order valence-corrected chi connectivity index (χ1v) is 8.78. The average molecular weight is 442 g/mol. The van der Waals surface area contributed by atoms with Gasteiger partial charge in [0, 0.05) is 12.5 Å². The van der Waals surface area contributed by atoms with E-state index in [0.717, 1.165) is 12.1 Å². The van der Waals surface area contributed by atoms with Gasteiger partial charge in [-0.25, -0.2) is 13.8 Å². The van der Waals surface area contributed by atoms with E-state index in [1.165, 1.54) is 5.01 Å². The van der Waals surface area contributed by atoms with E-state index in [4.69, 9.17) is 11.6 Å². The molecule has 2 aromatic rings. The van der Waals surface area contributed by atoms with Gasteiger partial charge in [-0.15, -0.1) is 0 Å². The maximum atomic E-state index is 13.9. The van der Waals surface area contributed by atoms with E-state index in [1.54, 1.807) is 24.3 Å². The van der Waals surface area contributed by atoms with Crippen molar-refractivity contribution in [2.45, 2.75) is 12.8 Å². The van der Waals surface area contributed by atoms with Gasteiger partial charge in [-0.2, -0.15) is 0 Å². The lowest BCUT2D eigenvalue weighted by Gasteiger charge is -2.31. The van der Waals surface area contributed by atoms with Gasteiger partial charge in [0.05, 0.1) is 26.5 Å². The van der Waals surface area contributed by atoms with E-state index in [1.807, 2.05) is 0 Å². The van der Waals surface area contributed by atoms with Gasteiger partial charge in [-0.1, -0.05) is 23.7 Å². The summed E-state index contributed by atoms with van der Waals surface area (Å²) in [5, 5.41) is 1.61. The van der Waals surface area contributed by atoms with Gasteiger partial charge in [-0.3, -0.25) is 15.0 Å². The van der Waals surface area contributed by atoms with Crippen LogP contribution in [0.3, 0.4) is 0 Å². The molecular weight excluding hydrogens is 430 g/mol. The zero-order valence-corrected chi connectivity index (χ0v) is 15.6. The van der Waals surface area contributed by atoms with Crippen LogP contribution in [-0.2, 0) is 4.79 Å². The molecule has 0 radical (unpaired) electrons. The quantitative estimate of drug-likeness (QED) is 0.553. The van der Waals surface area contributed by atoms with Gasteiger partial charge in [0.15, 0.2) is 0 Å². The fourth-order valence-electron chi connectivity index (χ4n) is 2.51. The number of benzene rings is 2. The van der Waals surface area contributed by atoms with Gasteiger partial charge in [-0.05, 0) is 46.6 Å². The van der Waals surface area contributed by atoms with Crippen LogP contribution in [0.4, 0.5) is 14.5 Å². The molecule has 1 saturated heterocycles. The minimum atomic E-state index is -0.956. The van der Waals surface area contributed by atoms with E-state index in [0.29, 0.717) is 22.5 Å². The van der Waals surface area contributed by atoms with Crippen molar-refractivity contribution < 1.29 is 18.4 Å². The highest BCUT2D eigenvalue weighted by Crippen LogP contribution is 2.30. The molecule has 1 fully saturated rings. The van der Waals surface area contributed by atoms with E-state index in [2.05, 4.69) is 21.4 Å². The molecule has 1 aliphatic rings. The molecule has 1 heterocycles. The first-order chi connectivity index (χ1) is 12.4. The molecule has 8 heteroatoms. The van der Waals surface area contributed by atoms with E-state index in [-0.39, 0.29) is 28.8 Å². The third-order valence-electron chi connectivity index (χ3n) is 3.82. The molecule has 0 aliphatic carbocycles. The second-order valence-electron chi connectivity index (χ2n) is 5.54. The van der Waals surface area contributed by atoms with E-state index < -0.39 is 17.4 Å². The SMILES string of the molecule is O=C(/C(Br)=C1\CCC(=O)N(c2ccccc2Cl)N1)c1ccc(F)cc1F. The summed E-state index contributed by atoms with van der Waals surface area (Å²) in [5.74, 6) is -2.60. The van der Waals surface area contributed by atoms with Gasteiger partial charge in [0.2, 0.25) is 11.7 Å². The molecule has 0 atom stereocenters. The number of para-hydroxylation sites is 1. The number of Topliss-reactive ketones (excluding diaryl/α,β-unsaturated/α-hetero) is 1. The molecule has 2 aromatic carbocycles. The van der Waals surface area contributed by atoms with Crippen molar-refractivity contribution in [3.05, 3.63) is 74.9 Å². The topological polar surface area (TPSA) is 49.4 Å².